The molecule has 0 saturated heterocycles. The Morgan fingerprint density at radius 2 is 2.33 bits per heavy atom. The number of aliphatic hydroxyl groups is 1. The number of hydrogen-bond donors (Lipinski definition) is 2. The van der Waals surface area contributed by atoms with Gasteiger partial charge in [-0.2, -0.15) is 0 Å². The molecule has 0 saturated carbocycles. The summed E-state index contributed by atoms with van der Waals surface area (Å²) in [4.78, 5) is 0. The summed E-state index contributed by atoms with van der Waals surface area (Å²) >= 11 is 0. The molecule has 0 aliphatic rings. The van der Waals surface area contributed by atoms with E-state index in [-0.39, 0.29) is 6.16 Å². The van der Waals surface area contributed by atoms with Crippen molar-refractivity contribution in [3.8, 4) is 0 Å². The molecule has 2 atom stereocenters. The average Bonchev–Trinajstić information content (AvgIpc) is 1.63. The van der Waals surface area contributed by atoms with Crippen LogP contribution in [0.25, 0.3) is 0 Å². The van der Waals surface area contributed by atoms with Gasteiger partial charge in [0.25, 0.3) is 0 Å². The molecule has 0 fully saturated rings. The van der Waals surface area contributed by atoms with Crippen molar-refractivity contribution in [3.63, 3.8) is 0 Å². The molecule has 56 valence electrons. The SMILES string of the molecule is CCC[PH](=O)CC(N)O. The molecule has 0 aromatic rings. The number of rotatable bonds is 4. The van der Waals surface area contributed by atoms with Crippen molar-refractivity contribution < 1.29 is 9.67 Å². The lowest BCUT2D eigenvalue weighted by atomic mass is 10.6. The molecule has 2 unspecified atom stereocenters. The van der Waals surface area contributed by atoms with Gasteiger partial charge < -0.3 is 15.4 Å². The lowest BCUT2D eigenvalue weighted by Gasteiger charge is -2.01. The summed E-state index contributed by atoms with van der Waals surface area (Å²) in [7, 11) is -1.57. The van der Waals surface area contributed by atoms with E-state index in [1.165, 1.54) is 0 Å². The zero-order chi connectivity index (χ0) is 7.28. The molecule has 0 bridgehead atoms. The summed E-state index contributed by atoms with van der Waals surface area (Å²) in [5.74, 6) is 0. The average molecular weight is 151 g/mol. The molecule has 0 aliphatic heterocycles. The molecule has 0 heterocycles. The minimum absolute atomic E-state index is 0.276. The highest BCUT2D eigenvalue weighted by Crippen LogP contribution is 2.20. The van der Waals surface area contributed by atoms with Crippen LogP contribution in [0.2, 0.25) is 0 Å². The van der Waals surface area contributed by atoms with Crippen molar-refractivity contribution >= 4 is 7.80 Å². The molecular weight excluding hydrogens is 137 g/mol. The summed E-state index contributed by atoms with van der Waals surface area (Å²) in [6.07, 6.45) is 1.00. The molecule has 0 aromatic carbocycles. The Balaban J connectivity index is 3.27. The Morgan fingerprint density at radius 3 is 2.67 bits per heavy atom. The van der Waals surface area contributed by atoms with Gasteiger partial charge in [-0.25, -0.2) is 0 Å². The van der Waals surface area contributed by atoms with E-state index < -0.39 is 14.0 Å². The quantitative estimate of drug-likeness (QED) is 0.446. The van der Waals surface area contributed by atoms with Gasteiger partial charge in [0.05, 0.1) is 7.80 Å². The molecule has 3 nitrogen and oxygen atoms in total. The first kappa shape index (κ1) is 9.15. The maximum atomic E-state index is 10.8. The van der Waals surface area contributed by atoms with Crippen LogP contribution in [-0.2, 0) is 4.57 Å². The lowest BCUT2D eigenvalue weighted by molar-refractivity contribution is 0.206. The van der Waals surface area contributed by atoms with Crippen LogP contribution in [0, 0.1) is 0 Å². The maximum Gasteiger partial charge on any atom is 0.109 e. The number of nitrogens with two attached hydrogens (primary N) is 1. The van der Waals surface area contributed by atoms with Crippen LogP contribution in [-0.4, -0.2) is 23.7 Å². The smallest absolute Gasteiger partial charge is 0.109 e. The monoisotopic (exact) mass is 151 g/mol. The van der Waals surface area contributed by atoms with Gasteiger partial charge >= 0.3 is 0 Å². The fraction of sp³-hybridized carbons (Fsp3) is 1.00. The lowest BCUT2D eigenvalue weighted by Crippen LogP contribution is -2.21. The van der Waals surface area contributed by atoms with E-state index in [2.05, 4.69) is 0 Å². The topological polar surface area (TPSA) is 63.3 Å². The molecule has 4 heteroatoms. The fourth-order valence-corrected chi connectivity index (χ4v) is 1.84. The van der Waals surface area contributed by atoms with Crippen molar-refractivity contribution in [1.82, 2.24) is 0 Å². The number of hydrogen-bond acceptors (Lipinski definition) is 3. The van der Waals surface area contributed by atoms with E-state index >= 15 is 0 Å². The minimum atomic E-state index is -1.57. The maximum absolute atomic E-state index is 10.8. The van der Waals surface area contributed by atoms with Crippen molar-refractivity contribution in [2.75, 3.05) is 12.3 Å². The van der Waals surface area contributed by atoms with Crippen LogP contribution in [0.4, 0.5) is 0 Å². The Kier molecular flexibility index (Phi) is 5.06. The molecule has 0 aromatic heterocycles. The van der Waals surface area contributed by atoms with E-state index in [0.29, 0.717) is 6.16 Å². The van der Waals surface area contributed by atoms with Gasteiger partial charge in [-0.3, -0.25) is 0 Å². The second-order valence-corrected chi connectivity index (χ2v) is 4.05. The van der Waals surface area contributed by atoms with Gasteiger partial charge in [-0.05, 0) is 12.6 Å². The first-order chi connectivity index (χ1) is 4.16. The third-order valence-corrected chi connectivity index (χ3v) is 2.90. The largest absolute Gasteiger partial charge is 0.378 e. The Morgan fingerprint density at radius 1 is 1.78 bits per heavy atom. The van der Waals surface area contributed by atoms with Gasteiger partial charge in [0.1, 0.15) is 6.23 Å². The van der Waals surface area contributed by atoms with Gasteiger partial charge in [0.15, 0.2) is 0 Å². The van der Waals surface area contributed by atoms with Crippen molar-refractivity contribution in [1.29, 1.82) is 0 Å². The highest BCUT2D eigenvalue weighted by molar-refractivity contribution is 7.44. The summed E-state index contributed by atoms with van der Waals surface area (Å²) in [6, 6.07) is 0. The summed E-state index contributed by atoms with van der Waals surface area (Å²) in [5, 5.41) is 8.55. The first-order valence-electron chi connectivity index (χ1n) is 3.12. The van der Waals surface area contributed by atoms with E-state index in [9.17, 15) is 4.57 Å². The summed E-state index contributed by atoms with van der Waals surface area (Å²) < 4.78 is 10.8. The fourth-order valence-electron chi connectivity index (χ4n) is 0.614. The zero-order valence-electron chi connectivity index (χ0n) is 5.63. The van der Waals surface area contributed by atoms with Crippen LogP contribution in [0.15, 0.2) is 0 Å². The number of aliphatic hydroxyl groups excluding tert-OH is 1. The normalized spacial score (nSPS) is 17.2. The molecule has 0 radical (unpaired) electrons. The van der Waals surface area contributed by atoms with Crippen LogP contribution in [0.3, 0.4) is 0 Å². The first-order valence-corrected chi connectivity index (χ1v) is 4.94. The third kappa shape index (κ3) is 6.03. The van der Waals surface area contributed by atoms with Crippen LogP contribution in [0.5, 0.6) is 0 Å². The van der Waals surface area contributed by atoms with Gasteiger partial charge in [0.2, 0.25) is 0 Å². The molecule has 0 aliphatic carbocycles. The predicted octanol–water partition coefficient (Wildman–Crippen LogP) is 0.233. The van der Waals surface area contributed by atoms with Gasteiger partial charge in [-0.15, -0.1) is 0 Å². The Labute approximate surface area is 56.0 Å². The summed E-state index contributed by atoms with van der Waals surface area (Å²) in [6.45, 7) is 1.96. The molecule has 0 spiro atoms. The molecular formula is C5H14NO2P. The molecule has 3 N–H and O–H groups in total. The standard InChI is InChI=1S/C5H14NO2P/c1-2-3-9(8)4-5(6)7/h5,7,9H,2-4,6H2,1H3. The predicted molar refractivity (Wildman–Crippen MR) is 39.2 cm³/mol. The molecule has 9 heavy (non-hydrogen) atoms. The van der Waals surface area contributed by atoms with Crippen LogP contribution in [0.1, 0.15) is 13.3 Å². The Bertz CT molecular complexity index is 95.0. The minimum Gasteiger partial charge on any atom is -0.378 e. The van der Waals surface area contributed by atoms with Crippen LogP contribution < -0.4 is 5.73 Å². The van der Waals surface area contributed by atoms with E-state index in [1.807, 2.05) is 6.92 Å². The second-order valence-electron chi connectivity index (χ2n) is 2.06. The van der Waals surface area contributed by atoms with Crippen molar-refractivity contribution in [2.45, 2.75) is 19.6 Å². The van der Waals surface area contributed by atoms with Gasteiger partial charge in [0, 0.05) is 6.16 Å². The van der Waals surface area contributed by atoms with Gasteiger partial charge in [-0.1, -0.05) is 6.92 Å². The second kappa shape index (κ2) is 4.98. The molecule has 0 amide bonds. The van der Waals surface area contributed by atoms with Crippen LogP contribution >= 0.6 is 7.80 Å². The zero-order valence-corrected chi connectivity index (χ0v) is 6.63. The Hall–Kier alpha value is 0.150. The van der Waals surface area contributed by atoms with E-state index in [0.717, 1.165) is 6.42 Å². The highest BCUT2D eigenvalue weighted by Gasteiger charge is 2.01. The van der Waals surface area contributed by atoms with Crippen molar-refractivity contribution in [2.24, 2.45) is 5.73 Å². The molecule has 0 rings (SSSR count). The van der Waals surface area contributed by atoms with E-state index in [4.69, 9.17) is 10.8 Å². The van der Waals surface area contributed by atoms with Crippen molar-refractivity contribution in [3.05, 3.63) is 0 Å². The third-order valence-electron chi connectivity index (χ3n) is 0.966. The summed E-state index contributed by atoms with van der Waals surface area (Å²) in [5.41, 5.74) is 5.00. The van der Waals surface area contributed by atoms with E-state index in [1.54, 1.807) is 0 Å². The highest BCUT2D eigenvalue weighted by atomic mass is 31.1.